The predicted molar refractivity (Wildman–Crippen MR) is 47.0 cm³/mol. The molecule has 1 aromatic rings. The van der Waals surface area contributed by atoms with Crippen molar-refractivity contribution in [2.24, 2.45) is 0 Å². The molecule has 2 nitrogen and oxygen atoms in total. The highest BCUT2D eigenvalue weighted by molar-refractivity contribution is 6.30. The maximum atomic E-state index is 5.99. The number of aryl methyl sites for hydroxylation is 2. The zero-order valence-electron chi connectivity index (χ0n) is 7.19. The Morgan fingerprint density at radius 2 is 2.09 bits per heavy atom. The van der Waals surface area contributed by atoms with Gasteiger partial charge in [-0.1, -0.05) is 18.5 Å². The van der Waals surface area contributed by atoms with Crippen LogP contribution in [0.1, 0.15) is 25.1 Å². The number of hydrogen-bond donors (Lipinski definition) is 0. The van der Waals surface area contributed by atoms with Gasteiger partial charge in [-0.05, 0) is 20.3 Å². The summed E-state index contributed by atoms with van der Waals surface area (Å²) in [5, 5.41) is 5.11. The van der Waals surface area contributed by atoms with Crippen LogP contribution in [0.25, 0.3) is 0 Å². The highest BCUT2D eigenvalue weighted by Crippen LogP contribution is 2.18. The molecule has 0 N–H and O–H groups in total. The van der Waals surface area contributed by atoms with Crippen LogP contribution in [-0.4, -0.2) is 9.78 Å². The van der Waals surface area contributed by atoms with E-state index in [1.165, 1.54) is 0 Å². The molecule has 0 atom stereocenters. The van der Waals surface area contributed by atoms with Gasteiger partial charge in [-0.25, -0.2) is 0 Å². The Labute approximate surface area is 72.2 Å². The summed E-state index contributed by atoms with van der Waals surface area (Å²) in [6.07, 6.45) is 0.957. The summed E-state index contributed by atoms with van der Waals surface area (Å²) in [6.45, 7) is 6.99. The minimum absolute atomic E-state index is 0.782. The van der Waals surface area contributed by atoms with Crippen molar-refractivity contribution >= 4 is 11.6 Å². The summed E-state index contributed by atoms with van der Waals surface area (Å²) < 4.78 is 1.83. The standard InChI is InChI=1S/C8H13ClN2/c1-4-7-6(3)8(9)11(5-2)10-7/h4-5H2,1-3H3. The molecule has 3 heteroatoms. The van der Waals surface area contributed by atoms with Crippen molar-refractivity contribution in [3.05, 3.63) is 16.4 Å². The highest BCUT2D eigenvalue weighted by Gasteiger charge is 2.08. The molecule has 0 aliphatic carbocycles. The molecule has 0 aliphatic rings. The average molecular weight is 173 g/mol. The van der Waals surface area contributed by atoms with Crippen molar-refractivity contribution < 1.29 is 0 Å². The zero-order valence-corrected chi connectivity index (χ0v) is 7.94. The first-order chi connectivity index (χ1) is 5.20. The van der Waals surface area contributed by atoms with Crippen LogP contribution in [0, 0.1) is 6.92 Å². The SMILES string of the molecule is CCc1nn(CC)c(Cl)c1C. The lowest BCUT2D eigenvalue weighted by Crippen LogP contribution is -1.96. The van der Waals surface area contributed by atoms with Gasteiger partial charge in [-0.2, -0.15) is 5.10 Å². The lowest BCUT2D eigenvalue weighted by atomic mass is 10.2. The van der Waals surface area contributed by atoms with Crippen LogP contribution < -0.4 is 0 Å². The van der Waals surface area contributed by atoms with E-state index in [0.29, 0.717) is 0 Å². The van der Waals surface area contributed by atoms with Crippen molar-refractivity contribution in [3.63, 3.8) is 0 Å². The van der Waals surface area contributed by atoms with Gasteiger partial charge in [-0.3, -0.25) is 4.68 Å². The third kappa shape index (κ3) is 1.41. The van der Waals surface area contributed by atoms with Gasteiger partial charge >= 0.3 is 0 Å². The summed E-state index contributed by atoms with van der Waals surface area (Å²) >= 11 is 5.99. The molecule has 0 saturated heterocycles. The van der Waals surface area contributed by atoms with E-state index >= 15 is 0 Å². The van der Waals surface area contributed by atoms with E-state index < -0.39 is 0 Å². The Kier molecular flexibility index (Phi) is 2.55. The van der Waals surface area contributed by atoms with Crippen molar-refractivity contribution in [2.45, 2.75) is 33.7 Å². The third-order valence-electron chi connectivity index (χ3n) is 1.84. The molecule has 0 aromatic carbocycles. The Bertz CT molecular complexity index is 228. The Balaban J connectivity index is 3.12. The van der Waals surface area contributed by atoms with Crippen LogP contribution in [0.5, 0.6) is 0 Å². The average Bonchev–Trinajstić information content (AvgIpc) is 2.30. The number of hydrogen-bond acceptors (Lipinski definition) is 1. The van der Waals surface area contributed by atoms with Gasteiger partial charge in [0.05, 0.1) is 5.69 Å². The second-order valence-electron chi connectivity index (χ2n) is 2.53. The quantitative estimate of drug-likeness (QED) is 0.670. The molecule has 0 aliphatic heterocycles. The maximum absolute atomic E-state index is 5.99. The molecule has 1 heterocycles. The molecule has 0 fully saturated rings. The fourth-order valence-electron chi connectivity index (χ4n) is 1.12. The number of nitrogens with zero attached hydrogens (tertiary/aromatic N) is 2. The fraction of sp³-hybridized carbons (Fsp3) is 0.625. The molecule has 62 valence electrons. The van der Waals surface area contributed by atoms with Crippen LogP contribution >= 0.6 is 11.6 Å². The van der Waals surface area contributed by atoms with E-state index in [1.807, 2.05) is 18.5 Å². The van der Waals surface area contributed by atoms with Gasteiger partial charge in [0.15, 0.2) is 0 Å². The third-order valence-corrected chi connectivity index (χ3v) is 2.32. The summed E-state index contributed by atoms with van der Waals surface area (Å²) in [5.41, 5.74) is 2.23. The van der Waals surface area contributed by atoms with Crippen molar-refractivity contribution in [1.29, 1.82) is 0 Å². The first-order valence-electron chi connectivity index (χ1n) is 3.92. The van der Waals surface area contributed by atoms with E-state index in [-0.39, 0.29) is 0 Å². The Morgan fingerprint density at radius 3 is 2.36 bits per heavy atom. The molecule has 0 spiro atoms. The zero-order chi connectivity index (χ0) is 8.43. The predicted octanol–water partition coefficient (Wildman–Crippen LogP) is 2.43. The maximum Gasteiger partial charge on any atom is 0.130 e. The molecule has 0 bridgehead atoms. The van der Waals surface area contributed by atoms with Crippen molar-refractivity contribution in [2.75, 3.05) is 0 Å². The molecular weight excluding hydrogens is 160 g/mol. The van der Waals surface area contributed by atoms with Crippen molar-refractivity contribution in [1.82, 2.24) is 9.78 Å². The minimum atomic E-state index is 0.782. The first-order valence-corrected chi connectivity index (χ1v) is 4.30. The van der Waals surface area contributed by atoms with E-state index in [1.54, 1.807) is 0 Å². The number of halogens is 1. The molecule has 0 amide bonds. The normalized spacial score (nSPS) is 10.5. The second-order valence-corrected chi connectivity index (χ2v) is 2.89. The van der Waals surface area contributed by atoms with Crippen LogP contribution in [0.2, 0.25) is 5.15 Å². The number of rotatable bonds is 2. The Hall–Kier alpha value is -0.500. The van der Waals surface area contributed by atoms with Crippen LogP contribution in [0.3, 0.4) is 0 Å². The molecule has 1 rings (SSSR count). The minimum Gasteiger partial charge on any atom is -0.254 e. The summed E-state index contributed by atoms with van der Waals surface area (Å²) in [5.74, 6) is 0. The van der Waals surface area contributed by atoms with E-state index in [2.05, 4.69) is 12.0 Å². The topological polar surface area (TPSA) is 17.8 Å². The van der Waals surface area contributed by atoms with Gasteiger partial charge in [-0.15, -0.1) is 0 Å². The van der Waals surface area contributed by atoms with Gasteiger partial charge < -0.3 is 0 Å². The molecule has 11 heavy (non-hydrogen) atoms. The van der Waals surface area contributed by atoms with Crippen LogP contribution in [0.15, 0.2) is 0 Å². The lowest BCUT2D eigenvalue weighted by Gasteiger charge is -1.94. The summed E-state index contributed by atoms with van der Waals surface area (Å²) in [6, 6.07) is 0. The fourth-order valence-corrected chi connectivity index (χ4v) is 1.39. The van der Waals surface area contributed by atoms with Crippen molar-refractivity contribution in [3.8, 4) is 0 Å². The van der Waals surface area contributed by atoms with Gasteiger partial charge in [0, 0.05) is 12.1 Å². The van der Waals surface area contributed by atoms with Crippen LogP contribution in [-0.2, 0) is 13.0 Å². The molecule has 0 radical (unpaired) electrons. The number of aromatic nitrogens is 2. The van der Waals surface area contributed by atoms with Gasteiger partial charge in [0.25, 0.3) is 0 Å². The molecule has 1 aromatic heterocycles. The summed E-state index contributed by atoms with van der Waals surface area (Å²) in [7, 11) is 0. The van der Waals surface area contributed by atoms with E-state index in [4.69, 9.17) is 11.6 Å². The van der Waals surface area contributed by atoms with Gasteiger partial charge in [0.1, 0.15) is 5.15 Å². The smallest absolute Gasteiger partial charge is 0.130 e. The first kappa shape index (κ1) is 8.60. The second kappa shape index (κ2) is 3.26. The monoisotopic (exact) mass is 172 g/mol. The largest absolute Gasteiger partial charge is 0.254 e. The van der Waals surface area contributed by atoms with E-state index in [0.717, 1.165) is 29.4 Å². The highest BCUT2D eigenvalue weighted by atomic mass is 35.5. The van der Waals surface area contributed by atoms with Gasteiger partial charge in [0.2, 0.25) is 0 Å². The summed E-state index contributed by atoms with van der Waals surface area (Å²) in [4.78, 5) is 0. The Morgan fingerprint density at radius 1 is 1.45 bits per heavy atom. The van der Waals surface area contributed by atoms with E-state index in [9.17, 15) is 0 Å². The molecular formula is C8H13ClN2. The lowest BCUT2D eigenvalue weighted by molar-refractivity contribution is 0.649. The molecule has 0 unspecified atom stereocenters. The van der Waals surface area contributed by atoms with Crippen LogP contribution in [0.4, 0.5) is 0 Å². The molecule has 0 saturated carbocycles.